The van der Waals surface area contributed by atoms with Gasteiger partial charge in [-0.05, 0) is 55.8 Å². The Hall–Kier alpha value is 0.995. The van der Waals surface area contributed by atoms with Crippen molar-refractivity contribution in [2.24, 2.45) is 0 Å². The molecule has 0 atom stereocenters. The summed E-state index contributed by atoms with van der Waals surface area (Å²) in [5, 5.41) is 0. The van der Waals surface area contributed by atoms with Gasteiger partial charge in [0.25, 0.3) is 0 Å². The third kappa shape index (κ3) is 29.2. The zero-order valence-corrected chi connectivity index (χ0v) is 24.9. The summed E-state index contributed by atoms with van der Waals surface area (Å²) < 4.78 is 17.9. The Morgan fingerprint density at radius 1 is 0.294 bits per heavy atom. The summed E-state index contributed by atoms with van der Waals surface area (Å²) in [6.45, 7) is 2.20. The van der Waals surface area contributed by atoms with Gasteiger partial charge >= 0.3 is 7.32 Å². The summed E-state index contributed by atoms with van der Waals surface area (Å²) in [6.07, 6.45) is 26.5. The number of thiol groups is 3. The van der Waals surface area contributed by atoms with E-state index in [0.717, 1.165) is 56.3 Å². The SMILES string of the molecule is SCCCCCCCCCOB(OCCCCCCCCCS)OCCCCCCCCCS. The highest BCUT2D eigenvalue weighted by atomic mass is 32.1. The number of rotatable bonds is 30. The lowest BCUT2D eigenvalue weighted by Gasteiger charge is -2.15. The van der Waals surface area contributed by atoms with Crippen LogP contribution in [0.5, 0.6) is 0 Å². The molecule has 0 spiro atoms. The topological polar surface area (TPSA) is 27.7 Å². The van der Waals surface area contributed by atoms with Crippen LogP contribution in [0.1, 0.15) is 135 Å². The Balaban J connectivity index is 3.85. The molecule has 0 fully saturated rings. The molecular formula is C27H57BO3S3. The van der Waals surface area contributed by atoms with E-state index in [9.17, 15) is 0 Å². The van der Waals surface area contributed by atoms with Gasteiger partial charge in [0.2, 0.25) is 0 Å². The highest BCUT2D eigenvalue weighted by molar-refractivity contribution is 7.80. The molecule has 0 amide bonds. The lowest BCUT2D eigenvalue weighted by molar-refractivity contribution is 0.0885. The third-order valence-corrected chi connectivity index (χ3v) is 7.12. The first-order valence-corrected chi connectivity index (χ1v) is 16.4. The molecule has 0 saturated heterocycles. The second kappa shape index (κ2) is 32.0. The third-order valence-electron chi connectivity index (χ3n) is 6.17. The smallest absolute Gasteiger partial charge is 0.386 e. The molecule has 7 heteroatoms. The molecule has 0 aliphatic heterocycles. The molecule has 34 heavy (non-hydrogen) atoms. The molecule has 0 aliphatic carbocycles. The number of hydrogen-bond acceptors (Lipinski definition) is 6. The van der Waals surface area contributed by atoms with E-state index in [1.807, 2.05) is 0 Å². The van der Waals surface area contributed by atoms with E-state index in [0.29, 0.717) is 0 Å². The first-order valence-electron chi connectivity index (χ1n) is 14.5. The molecule has 0 aliphatic rings. The van der Waals surface area contributed by atoms with E-state index < -0.39 is 7.32 Å². The van der Waals surface area contributed by atoms with Crippen molar-refractivity contribution in [1.82, 2.24) is 0 Å². The van der Waals surface area contributed by atoms with Gasteiger partial charge in [0.05, 0.1) is 0 Å². The van der Waals surface area contributed by atoms with E-state index in [4.69, 9.17) is 14.0 Å². The summed E-state index contributed by atoms with van der Waals surface area (Å²) >= 11 is 12.8. The van der Waals surface area contributed by atoms with Gasteiger partial charge in [-0.15, -0.1) is 0 Å². The maximum Gasteiger partial charge on any atom is 0.639 e. The normalized spacial score (nSPS) is 11.4. The average Bonchev–Trinajstić information content (AvgIpc) is 2.85. The van der Waals surface area contributed by atoms with Crippen molar-refractivity contribution in [2.45, 2.75) is 135 Å². The Morgan fingerprint density at radius 3 is 0.735 bits per heavy atom. The van der Waals surface area contributed by atoms with Crippen molar-refractivity contribution >= 4 is 45.2 Å². The predicted molar refractivity (Wildman–Crippen MR) is 162 cm³/mol. The van der Waals surface area contributed by atoms with Crippen molar-refractivity contribution in [1.29, 1.82) is 0 Å². The van der Waals surface area contributed by atoms with E-state index >= 15 is 0 Å². The first-order chi connectivity index (χ1) is 16.8. The zero-order valence-electron chi connectivity index (χ0n) is 22.2. The standard InChI is InChI=1S/C27H57BO3S3/c32-25-19-13-7-1-4-10-16-22-29-28(30-23-17-11-5-2-8-14-20-26-33)31-24-18-12-6-3-9-15-21-27-34/h32-34H,1-27H2. The number of hydrogen-bond donors (Lipinski definition) is 3. The molecule has 0 radical (unpaired) electrons. The van der Waals surface area contributed by atoms with Gasteiger partial charge in [0.15, 0.2) is 0 Å². The van der Waals surface area contributed by atoms with Crippen LogP contribution in [-0.4, -0.2) is 44.4 Å². The molecule has 204 valence electrons. The Morgan fingerprint density at radius 2 is 0.500 bits per heavy atom. The van der Waals surface area contributed by atoms with Gasteiger partial charge in [0, 0.05) is 19.8 Å². The summed E-state index contributed by atoms with van der Waals surface area (Å²) in [6, 6.07) is 0. The molecule has 0 heterocycles. The van der Waals surface area contributed by atoms with Crippen molar-refractivity contribution in [3.05, 3.63) is 0 Å². The lowest BCUT2D eigenvalue weighted by Crippen LogP contribution is -2.28. The second-order valence-electron chi connectivity index (χ2n) is 9.50. The van der Waals surface area contributed by atoms with Crippen LogP contribution in [0.3, 0.4) is 0 Å². The highest BCUT2D eigenvalue weighted by Gasteiger charge is 2.20. The van der Waals surface area contributed by atoms with E-state index in [2.05, 4.69) is 37.9 Å². The van der Waals surface area contributed by atoms with Crippen LogP contribution in [0.2, 0.25) is 0 Å². The Bertz CT molecular complexity index is 316. The number of unbranched alkanes of at least 4 members (excludes halogenated alkanes) is 18. The van der Waals surface area contributed by atoms with Crippen molar-refractivity contribution in [2.75, 3.05) is 37.1 Å². The molecule has 0 saturated carbocycles. The fourth-order valence-electron chi connectivity index (χ4n) is 3.98. The minimum absolute atomic E-state index is 0.485. The zero-order chi connectivity index (χ0) is 24.8. The summed E-state index contributed by atoms with van der Waals surface area (Å²) in [5.41, 5.74) is 0. The summed E-state index contributed by atoms with van der Waals surface area (Å²) in [5.74, 6) is 3.05. The maximum absolute atomic E-state index is 5.96. The van der Waals surface area contributed by atoms with Gasteiger partial charge in [-0.2, -0.15) is 37.9 Å². The monoisotopic (exact) mass is 536 g/mol. The summed E-state index contributed by atoms with van der Waals surface area (Å²) in [4.78, 5) is 0. The van der Waals surface area contributed by atoms with Crippen molar-refractivity contribution in [3.8, 4) is 0 Å². The van der Waals surface area contributed by atoms with E-state index in [1.165, 1.54) is 116 Å². The van der Waals surface area contributed by atoms with Crippen LogP contribution in [-0.2, 0) is 14.0 Å². The maximum atomic E-state index is 5.96. The molecular weight excluding hydrogens is 479 g/mol. The van der Waals surface area contributed by atoms with Crippen LogP contribution >= 0.6 is 37.9 Å². The molecule has 0 aromatic carbocycles. The minimum Gasteiger partial charge on any atom is -0.386 e. The molecule has 0 unspecified atom stereocenters. The van der Waals surface area contributed by atoms with Crippen LogP contribution in [0.15, 0.2) is 0 Å². The molecule has 0 bridgehead atoms. The highest BCUT2D eigenvalue weighted by Crippen LogP contribution is 2.11. The van der Waals surface area contributed by atoms with Crippen molar-refractivity contribution < 1.29 is 14.0 Å². The molecule has 0 aromatic rings. The lowest BCUT2D eigenvalue weighted by atomic mass is 10.1. The van der Waals surface area contributed by atoms with Gasteiger partial charge < -0.3 is 14.0 Å². The Labute approximate surface area is 230 Å². The van der Waals surface area contributed by atoms with E-state index in [-0.39, 0.29) is 0 Å². The minimum atomic E-state index is -0.485. The van der Waals surface area contributed by atoms with Crippen LogP contribution < -0.4 is 0 Å². The van der Waals surface area contributed by atoms with Gasteiger partial charge in [-0.3, -0.25) is 0 Å². The van der Waals surface area contributed by atoms with Crippen LogP contribution in [0.4, 0.5) is 0 Å². The van der Waals surface area contributed by atoms with Gasteiger partial charge in [-0.1, -0.05) is 96.3 Å². The van der Waals surface area contributed by atoms with Gasteiger partial charge in [0.1, 0.15) is 0 Å². The van der Waals surface area contributed by atoms with Crippen LogP contribution in [0.25, 0.3) is 0 Å². The average molecular weight is 537 g/mol. The first kappa shape index (κ1) is 35.0. The fourth-order valence-corrected chi connectivity index (χ4v) is 4.65. The second-order valence-corrected chi connectivity index (χ2v) is 10.8. The fraction of sp³-hybridized carbons (Fsp3) is 1.00. The summed E-state index contributed by atoms with van der Waals surface area (Å²) in [7, 11) is -0.485. The Kier molecular flexibility index (Phi) is 33.0. The largest absolute Gasteiger partial charge is 0.639 e. The van der Waals surface area contributed by atoms with Crippen LogP contribution in [0, 0.1) is 0 Å². The molecule has 0 aromatic heterocycles. The molecule has 3 nitrogen and oxygen atoms in total. The quantitative estimate of drug-likeness (QED) is 0.0486. The molecule has 0 rings (SSSR count). The predicted octanol–water partition coefficient (Wildman–Crippen LogP) is 9.00. The van der Waals surface area contributed by atoms with Crippen molar-refractivity contribution in [3.63, 3.8) is 0 Å². The van der Waals surface area contributed by atoms with E-state index in [1.54, 1.807) is 0 Å². The van der Waals surface area contributed by atoms with Gasteiger partial charge in [-0.25, -0.2) is 0 Å². The molecule has 0 N–H and O–H groups in total.